The molecule has 1 N–H and O–H groups in total. The molecule has 1 atom stereocenters. The Morgan fingerprint density at radius 1 is 1.78 bits per heavy atom. The van der Waals surface area contributed by atoms with Crippen molar-refractivity contribution in [1.82, 2.24) is 0 Å². The number of aliphatic carboxylic acids is 1. The van der Waals surface area contributed by atoms with Crippen molar-refractivity contribution in [2.45, 2.75) is 20.0 Å². The summed E-state index contributed by atoms with van der Waals surface area (Å²) in [5.74, 6) is 1.42. The molecule has 0 aliphatic rings. The molecule has 3 heteroatoms. The molecule has 0 heterocycles. The summed E-state index contributed by atoms with van der Waals surface area (Å²) in [6, 6.07) is 0. The molecule has 0 fully saturated rings. The molecule has 0 aromatic rings. The van der Waals surface area contributed by atoms with Gasteiger partial charge in [0.15, 0.2) is 0 Å². The summed E-state index contributed by atoms with van der Waals surface area (Å²) in [6.07, 6.45) is 1.36. The molecule has 0 saturated heterocycles. The van der Waals surface area contributed by atoms with E-state index in [1.165, 1.54) is 6.92 Å². The molecule has 1 unspecified atom stereocenters. The lowest BCUT2D eigenvalue weighted by Crippen LogP contribution is -2.17. The maximum Gasteiger partial charge on any atom is 0.345 e. The van der Waals surface area contributed by atoms with Gasteiger partial charge in [0.05, 0.1) is 0 Å². The largest absolute Gasteiger partial charge is 0.478 e. The van der Waals surface area contributed by atoms with Crippen LogP contribution in [-0.2, 0) is 9.53 Å². The molecule has 0 radical (unpaired) electrons. The molecule has 0 bridgehead atoms. The third kappa shape index (κ3) is 3.42. The molecule has 0 saturated carbocycles. The first-order chi connectivity index (χ1) is 4.18. The highest BCUT2D eigenvalue weighted by Gasteiger charge is 2.08. The van der Waals surface area contributed by atoms with Crippen LogP contribution in [0.2, 0.25) is 0 Å². The standard InChI is InChI=1S/C6H8O3/c1-3-4-9-5(2)6(7)8/h5H,1-2H3,(H,7,8). The summed E-state index contributed by atoms with van der Waals surface area (Å²) in [5, 5.41) is 8.22. The van der Waals surface area contributed by atoms with Crippen molar-refractivity contribution >= 4 is 5.97 Å². The van der Waals surface area contributed by atoms with Crippen LogP contribution in [0.4, 0.5) is 0 Å². The van der Waals surface area contributed by atoms with Crippen LogP contribution in [0, 0.1) is 12.0 Å². The average molecular weight is 128 g/mol. The monoisotopic (exact) mass is 128 g/mol. The molecule has 0 aliphatic carbocycles. The number of rotatable bonds is 2. The van der Waals surface area contributed by atoms with E-state index in [1.807, 2.05) is 0 Å². The SMILES string of the molecule is CC#COC(C)C(=O)O. The predicted molar refractivity (Wildman–Crippen MR) is 31.6 cm³/mol. The van der Waals surface area contributed by atoms with Crippen LogP contribution in [0.25, 0.3) is 0 Å². The third-order valence-corrected chi connectivity index (χ3v) is 0.686. The van der Waals surface area contributed by atoms with Crippen molar-refractivity contribution in [3.8, 4) is 12.0 Å². The number of hydrogen-bond donors (Lipinski definition) is 1. The van der Waals surface area contributed by atoms with Crippen LogP contribution < -0.4 is 0 Å². The molecular formula is C6H8O3. The maximum atomic E-state index is 10.0. The molecule has 0 rings (SSSR count). The van der Waals surface area contributed by atoms with E-state index in [0.29, 0.717) is 0 Å². The number of carboxylic acids is 1. The van der Waals surface area contributed by atoms with Crippen LogP contribution in [0.15, 0.2) is 0 Å². The summed E-state index contributed by atoms with van der Waals surface area (Å²) in [6.45, 7) is 3.00. The molecule has 0 aromatic carbocycles. The lowest BCUT2D eigenvalue weighted by molar-refractivity contribution is -0.145. The van der Waals surface area contributed by atoms with Crippen molar-refractivity contribution in [2.24, 2.45) is 0 Å². The molecular weight excluding hydrogens is 120 g/mol. The second-order valence-corrected chi connectivity index (χ2v) is 1.45. The van der Waals surface area contributed by atoms with E-state index < -0.39 is 12.1 Å². The van der Waals surface area contributed by atoms with Crippen LogP contribution >= 0.6 is 0 Å². The minimum absolute atomic E-state index is 0.836. The normalized spacial score (nSPS) is 10.9. The Balaban J connectivity index is 3.59. The first-order valence-electron chi connectivity index (χ1n) is 2.48. The Morgan fingerprint density at radius 2 is 2.33 bits per heavy atom. The van der Waals surface area contributed by atoms with Crippen molar-refractivity contribution in [2.75, 3.05) is 0 Å². The lowest BCUT2D eigenvalue weighted by atomic mass is 10.4. The first-order valence-corrected chi connectivity index (χ1v) is 2.48. The minimum atomic E-state index is -1.00. The summed E-state index contributed by atoms with van der Waals surface area (Å²) >= 11 is 0. The highest BCUT2D eigenvalue weighted by molar-refractivity contribution is 5.71. The summed E-state index contributed by atoms with van der Waals surface area (Å²) in [5.41, 5.74) is 0. The van der Waals surface area contributed by atoms with Crippen molar-refractivity contribution < 1.29 is 14.6 Å². The van der Waals surface area contributed by atoms with E-state index in [0.717, 1.165) is 0 Å². The Kier molecular flexibility index (Phi) is 3.29. The molecule has 3 nitrogen and oxygen atoms in total. The van der Waals surface area contributed by atoms with Gasteiger partial charge in [0.1, 0.15) is 6.11 Å². The average Bonchev–Trinajstić information content (AvgIpc) is 1.82. The number of carboxylic acid groups (broad SMARTS) is 1. The van der Waals surface area contributed by atoms with E-state index in [4.69, 9.17) is 5.11 Å². The molecule has 0 spiro atoms. The van der Waals surface area contributed by atoms with E-state index in [1.54, 1.807) is 6.92 Å². The summed E-state index contributed by atoms with van der Waals surface area (Å²) in [4.78, 5) is 10.0. The number of hydrogen-bond acceptors (Lipinski definition) is 2. The van der Waals surface area contributed by atoms with Gasteiger partial charge in [0, 0.05) is 6.92 Å². The Hall–Kier alpha value is -1.17. The molecule has 0 amide bonds. The van der Waals surface area contributed by atoms with Crippen LogP contribution in [0.1, 0.15) is 13.8 Å². The van der Waals surface area contributed by atoms with Gasteiger partial charge in [-0.25, -0.2) is 4.79 Å². The van der Waals surface area contributed by atoms with Gasteiger partial charge >= 0.3 is 5.97 Å². The summed E-state index contributed by atoms with van der Waals surface area (Å²) in [7, 11) is 0. The highest BCUT2D eigenvalue weighted by Crippen LogP contribution is 1.86. The van der Waals surface area contributed by atoms with Crippen LogP contribution in [-0.4, -0.2) is 17.2 Å². The first kappa shape index (κ1) is 7.83. The minimum Gasteiger partial charge on any atom is -0.478 e. The fourth-order valence-corrected chi connectivity index (χ4v) is 0.198. The second kappa shape index (κ2) is 3.79. The van der Waals surface area contributed by atoms with Gasteiger partial charge in [-0.1, -0.05) is 5.92 Å². The number of ether oxygens (including phenoxy) is 1. The topological polar surface area (TPSA) is 46.5 Å². The van der Waals surface area contributed by atoms with Crippen LogP contribution in [0.5, 0.6) is 0 Å². The van der Waals surface area contributed by atoms with Crippen molar-refractivity contribution in [3.05, 3.63) is 0 Å². The van der Waals surface area contributed by atoms with Gasteiger partial charge in [0.25, 0.3) is 0 Å². The predicted octanol–water partition coefficient (Wildman–Crippen LogP) is 0.457. The maximum absolute atomic E-state index is 10.0. The quantitative estimate of drug-likeness (QED) is 0.549. The van der Waals surface area contributed by atoms with E-state index >= 15 is 0 Å². The third-order valence-electron chi connectivity index (χ3n) is 0.686. The van der Waals surface area contributed by atoms with E-state index in [9.17, 15) is 4.79 Å². The van der Waals surface area contributed by atoms with Gasteiger partial charge in [-0.2, -0.15) is 0 Å². The van der Waals surface area contributed by atoms with Crippen molar-refractivity contribution in [3.63, 3.8) is 0 Å². The summed E-state index contributed by atoms with van der Waals surface area (Å²) < 4.78 is 4.49. The second-order valence-electron chi connectivity index (χ2n) is 1.45. The lowest BCUT2D eigenvalue weighted by Gasteiger charge is -1.99. The van der Waals surface area contributed by atoms with Crippen LogP contribution in [0.3, 0.4) is 0 Å². The molecule has 0 aliphatic heterocycles. The smallest absolute Gasteiger partial charge is 0.345 e. The van der Waals surface area contributed by atoms with Gasteiger partial charge in [-0.05, 0) is 6.92 Å². The fraction of sp³-hybridized carbons (Fsp3) is 0.500. The van der Waals surface area contributed by atoms with Crippen molar-refractivity contribution in [1.29, 1.82) is 0 Å². The zero-order valence-electron chi connectivity index (χ0n) is 5.34. The molecule has 50 valence electrons. The van der Waals surface area contributed by atoms with Gasteiger partial charge in [0.2, 0.25) is 6.10 Å². The number of carbonyl (C=O) groups is 1. The molecule has 0 aromatic heterocycles. The fourth-order valence-electron chi connectivity index (χ4n) is 0.198. The molecule has 9 heavy (non-hydrogen) atoms. The zero-order valence-corrected chi connectivity index (χ0v) is 5.34. The Morgan fingerprint density at radius 3 is 2.67 bits per heavy atom. The van der Waals surface area contributed by atoms with Gasteiger partial charge in [-0.3, -0.25) is 0 Å². The van der Waals surface area contributed by atoms with E-state index in [-0.39, 0.29) is 0 Å². The zero-order chi connectivity index (χ0) is 7.28. The Bertz CT molecular complexity index is 151. The Labute approximate surface area is 53.6 Å². The highest BCUT2D eigenvalue weighted by atomic mass is 16.5. The van der Waals surface area contributed by atoms with E-state index in [2.05, 4.69) is 16.8 Å². The van der Waals surface area contributed by atoms with Gasteiger partial charge < -0.3 is 9.84 Å². The van der Waals surface area contributed by atoms with Gasteiger partial charge in [-0.15, -0.1) is 0 Å².